The van der Waals surface area contributed by atoms with Gasteiger partial charge in [0.25, 0.3) is 0 Å². The first-order valence-electron chi connectivity index (χ1n) is 10.1. The topological polar surface area (TPSA) is 80.5 Å². The van der Waals surface area contributed by atoms with Gasteiger partial charge >= 0.3 is 0 Å². The molecular weight excluding hydrogens is 448 g/mol. The Morgan fingerprint density at radius 3 is 2.61 bits per heavy atom. The van der Waals surface area contributed by atoms with E-state index in [1.807, 2.05) is 12.1 Å². The van der Waals surface area contributed by atoms with Crippen LogP contribution in [0.4, 0.5) is 8.78 Å². The SMILES string of the molecule is Fc1cccc(CCc2nc(-c3ccc(-c4cnc(-c5c(F)cccc5Cl)[nH]4)cn3)no2)c1. The molecular formula is C24H16ClF2N5O. The normalized spacial score (nSPS) is 11.1. The number of imidazole rings is 1. The van der Waals surface area contributed by atoms with Crippen LogP contribution < -0.4 is 0 Å². The Morgan fingerprint density at radius 1 is 0.939 bits per heavy atom. The minimum absolute atomic E-state index is 0.215. The Hall–Kier alpha value is -3.91. The van der Waals surface area contributed by atoms with Crippen molar-refractivity contribution in [2.45, 2.75) is 12.8 Å². The molecule has 0 spiro atoms. The summed E-state index contributed by atoms with van der Waals surface area (Å²) in [4.78, 5) is 16.1. The summed E-state index contributed by atoms with van der Waals surface area (Å²) in [7, 11) is 0. The summed E-state index contributed by atoms with van der Waals surface area (Å²) in [6.45, 7) is 0. The molecule has 0 saturated heterocycles. The van der Waals surface area contributed by atoms with Gasteiger partial charge < -0.3 is 9.51 Å². The number of hydrogen-bond acceptors (Lipinski definition) is 5. The lowest BCUT2D eigenvalue weighted by molar-refractivity contribution is 0.378. The van der Waals surface area contributed by atoms with Crippen LogP contribution in [-0.4, -0.2) is 25.1 Å². The summed E-state index contributed by atoms with van der Waals surface area (Å²) in [5.74, 6) is 0.407. The van der Waals surface area contributed by atoms with Crippen LogP contribution in [0.2, 0.25) is 5.02 Å². The van der Waals surface area contributed by atoms with Gasteiger partial charge in [-0.2, -0.15) is 4.98 Å². The number of aromatic nitrogens is 5. The van der Waals surface area contributed by atoms with Crippen molar-refractivity contribution in [1.29, 1.82) is 0 Å². The maximum atomic E-state index is 14.2. The van der Waals surface area contributed by atoms with E-state index in [0.29, 0.717) is 41.8 Å². The maximum absolute atomic E-state index is 14.2. The number of halogens is 3. The van der Waals surface area contributed by atoms with Crippen molar-refractivity contribution in [2.75, 3.05) is 0 Å². The molecule has 0 aliphatic carbocycles. The number of H-pyrrole nitrogens is 1. The van der Waals surface area contributed by atoms with Gasteiger partial charge in [-0.1, -0.05) is 35.0 Å². The highest BCUT2D eigenvalue weighted by Gasteiger charge is 2.15. The lowest BCUT2D eigenvalue weighted by Crippen LogP contribution is -1.93. The van der Waals surface area contributed by atoms with Crippen molar-refractivity contribution in [3.8, 4) is 34.2 Å². The zero-order valence-electron chi connectivity index (χ0n) is 17.1. The Kier molecular flexibility index (Phi) is 5.66. The number of hydrogen-bond donors (Lipinski definition) is 1. The van der Waals surface area contributed by atoms with E-state index in [1.54, 1.807) is 36.7 Å². The molecule has 5 rings (SSSR count). The molecule has 0 aliphatic heterocycles. The first-order chi connectivity index (χ1) is 16.1. The molecule has 0 atom stereocenters. The molecule has 1 N–H and O–H groups in total. The molecule has 164 valence electrons. The molecule has 3 aromatic heterocycles. The summed E-state index contributed by atoms with van der Waals surface area (Å²) < 4.78 is 32.8. The second kappa shape index (κ2) is 8.91. The van der Waals surface area contributed by atoms with Crippen LogP contribution >= 0.6 is 11.6 Å². The maximum Gasteiger partial charge on any atom is 0.227 e. The smallest absolute Gasteiger partial charge is 0.227 e. The lowest BCUT2D eigenvalue weighted by atomic mass is 10.1. The first kappa shape index (κ1) is 21.0. The molecule has 0 amide bonds. The van der Waals surface area contributed by atoms with E-state index in [2.05, 4.69) is 25.1 Å². The predicted octanol–water partition coefficient (Wildman–Crippen LogP) is 5.91. The van der Waals surface area contributed by atoms with Crippen LogP contribution in [0, 0.1) is 11.6 Å². The molecule has 0 unspecified atom stereocenters. The number of benzene rings is 2. The van der Waals surface area contributed by atoms with Gasteiger partial charge in [0.05, 0.1) is 22.5 Å². The van der Waals surface area contributed by atoms with Crippen LogP contribution in [-0.2, 0) is 12.8 Å². The first-order valence-corrected chi connectivity index (χ1v) is 10.5. The molecule has 0 saturated carbocycles. The zero-order chi connectivity index (χ0) is 22.8. The Bertz CT molecular complexity index is 1390. The molecule has 33 heavy (non-hydrogen) atoms. The predicted molar refractivity (Wildman–Crippen MR) is 119 cm³/mol. The standard InChI is InChI=1S/C24H16ClF2N5O/c25-17-5-2-6-18(27)22(17)24-29-13-20(30-24)15-8-9-19(28-12-15)23-31-21(33-32-23)10-7-14-3-1-4-16(26)11-14/h1-6,8-9,11-13H,7,10H2,(H,29,30). The summed E-state index contributed by atoms with van der Waals surface area (Å²) in [5.41, 5.74) is 3.02. The number of nitrogens with zero attached hydrogens (tertiary/aromatic N) is 4. The van der Waals surface area contributed by atoms with Crippen molar-refractivity contribution in [3.05, 3.63) is 95.1 Å². The third-order valence-electron chi connectivity index (χ3n) is 5.06. The molecule has 5 aromatic rings. The number of aryl methyl sites for hydroxylation is 2. The molecule has 0 aliphatic rings. The number of aromatic amines is 1. The van der Waals surface area contributed by atoms with Crippen molar-refractivity contribution >= 4 is 11.6 Å². The zero-order valence-corrected chi connectivity index (χ0v) is 17.9. The Labute approximate surface area is 192 Å². The fraction of sp³-hybridized carbons (Fsp3) is 0.0833. The second-order valence-electron chi connectivity index (χ2n) is 7.32. The Balaban J connectivity index is 1.30. The monoisotopic (exact) mass is 463 g/mol. The minimum Gasteiger partial charge on any atom is -0.339 e. The summed E-state index contributed by atoms with van der Waals surface area (Å²) in [5, 5.41) is 4.26. The molecule has 0 bridgehead atoms. The molecule has 2 aromatic carbocycles. The lowest BCUT2D eigenvalue weighted by Gasteiger charge is -2.02. The van der Waals surface area contributed by atoms with Gasteiger partial charge in [-0.05, 0) is 48.4 Å². The van der Waals surface area contributed by atoms with Gasteiger partial charge in [-0.15, -0.1) is 0 Å². The third-order valence-corrected chi connectivity index (χ3v) is 5.38. The molecule has 0 fully saturated rings. The summed E-state index contributed by atoms with van der Waals surface area (Å²) in [6, 6.07) is 14.5. The fourth-order valence-electron chi connectivity index (χ4n) is 3.41. The summed E-state index contributed by atoms with van der Waals surface area (Å²) in [6.07, 6.45) is 4.30. The van der Waals surface area contributed by atoms with Crippen LogP contribution in [0.25, 0.3) is 34.2 Å². The van der Waals surface area contributed by atoms with Gasteiger partial charge in [0, 0.05) is 18.2 Å². The minimum atomic E-state index is -0.456. The van der Waals surface area contributed by atoms with Crippen molar-refractivity contribution in [3.63, 3.8) is 0 Å². The average molecular weight is 464 g/mol. The van der Waals surface area contributed by atoms with E-state index < -0.39 is 5.82 Å². The van der Waals surface area contributed by atoms with E-state index in [1.165, 1.54) is 18.2 Å². The van der Waals surface area contributed by atoms with Crippen molar-refractivity contribution in [2.24, 2.45) is 0 Å². The molecule has 6 nitrogen and oxygen atoms in total. The van der Waals surface area contributed by atoms with Gasteiger partial charge in [0.1, 0.15) is 23.2 Å². The highest BCUT2D eigenvalue weighted by Crippen LogP contribution is 2.30. The Morgan fingerprint density at radius 2 is 1.82 bits per heavy atom. The van der Waals surface area contributed by atoms with Crippen LogP contribution in [0.5, 0.6) is 0 Å². The van der Waals surface area contributed by atoms with Crippen LogP contribution in [0.3, 0.4) is 0 Å². The van der Waals surface area contributed by atoms with Crippen LogP contribution in [0.1, 0.15) is 11.5 Å². The quantitative estimate of drug-likeness (QED) is 0.339. The van der Waals surface area contributed by atoms with Crippen LogP contribution in [0.15, 0.2) is 71.5 Å². The largest absolute Gasteiger partial charge is 0.339 e. The van der Waals surface area contributed by atoms with Crippen molar-refractivity contribution in [1.82, 2.24) is 25.1 Å². The van der Waals surface area contributed by atoms with Crippen molar-refractivity contribution < 1.29 is 13.3 Å². The van der Waals surface area contributed by atoms with E-state index in [-0.39, 0.29) is 16.4 Å². The number of rotatable bonds is 6. The molecule has 0 radical (unpaired) electrons. The van der Waals surface area contributed by atoms with Gasteiger partial charge in [-0.25, -0.2) is 13.8 Å². The van der Waals surface area contributed by atoms with E-state index in [9.17, 15) is 8.78 Å². The highest BCUT2D eigenvalue weighted by atomic mass is 35.5. The van der Waals surface area contributed by atoms with Gasteiger partial charge in [-0.3, -0.25) is 4.98 Å². The van der Waals surface area contributed by atoms with E-state index in [4.69, 9.17) is 16.1 Å². The van der Waals surface area contributed by atoms with Gasteiger partial charge in [0.2, 0.25) is 11.7 Å². The number of pyridine rings is 1. The second-order valence-corrected chi connectivity index (χ2v) is 7.72. The van der Waals surface area contributed by atoms with E-state index >= 15 is 0 Å². The summed E-state index contributed by atoms with van der Waals surface area (Å²) >= 11 is 6.12. The third kappa shape index (κ3) is 4.51. The molecule has 3 heterocycles. The van der Waals surface area contributed by atoms with Gasteiger partial charge in [0.15, 0.2) is 0 Å². The average Bonchev–Trinajstić information content (AvgIpc) is 3.48. The van der Waals surface area contributed by atoms with E-state index in [0.717, 1.165) is 11.1 Å². The molecule has 9 heteroatoms. The highest BCUT2D eigenvalue weighted by molar-refractivity contribution is 6.33. The fourth-order valence-corrected chi connectivity index (χ4v) is 3.66. The number of nitrogens with one attached hydrogen (secondary N) is 1.